The zero-order valence-electron chi connectivity index (χ0n) is 12.3. The Hall–Kier alpha value is -1.15. The second kappa shape index (κ2) is 9.98. The molecule has 0 aliphatic heterocycles. The lowest BCUT2D eigenvalue weighted by Crippen LogP contribution is -2.32. The summed E-state index contributed by atoms with van der Waals surface area (Å²) in [5, 5.41) is 18.2. The Morgan fingerprint density at radius 2 is 1.62 bits per heavy atom. The Morgan fingerprint density at radius 3 is 2.08 bits per heavy atom. The molecule has 0 aromatic heterocycles. The molecular weight excluding hydrogens is 544 g/mol. The number of halogens is 2. The summed E-state index contributed by atoms with van der Waals surface area (Å²) in [6, 6.07) is 9.26. The highest BCUT2D eigenvalue weighted by atomic mass is 127. The second-order valence-electron chi connectivity index (χ2n) is 4.63. The van der Waals surface area contributed by atoms with E-state index >= 15 is 0 Å². The fourth-order valence-electron chi connectivity index (χ4n) is 1.80. The summed E-state index contributed by atoms with van der Waals surface area (Å²) in [5.74, 6) is 0.465. The number of aliphatic carboxylic acids is 1. The van der Waals surface area contributed by atoms with Crippen LogP contribution in [-0.2, 0) is 11.2 Å². The Kier molecular flexibility index (Phi) is 9.50. The van der Waals surface area contributed by atoms with E-state index in [0.717, 1.165) is 12.7 Å². The summed E-state index contributed by atoms with van der Waals surface area (Å²) in [6.07, 6.45) is 0.265. The van der Waals surface area contributed by atoms with Gasteiger partial charge in [0.2, 0.25) is 0 Å². The van der Waals surface area contributed by atoms with Crippen molar-refractivity contribution in [2.75, 3.05) is 0 Å². The molecule has 0 amide bonds. The topological polar surface area (TPSA) is 156 Å². The quantitative estimate of drug-likeness (QED) is 0.474. The molecule has 0 heterocycles. The summed E-state index contributed by atoms with van der Waals surface area (Å²) in [7, 11) is 0. The number of aromatic hydroxyl groups is 1. The van der Waals surface area contributed by atoms with Crippen molar-refractivity contribution in [1.82, 2.24) is 0 Å². The lowest BCUT2D eigenvalue weighted by atomic mass is 10.1. The summed E-state index contributed by atoms with van der Waals surface area (Å²) in [6.45, 7) is 0. The van der Waals surface area contributed by atoms with E-state index in [9.17, 15) is 9.90 Å². The highest BCUT2D eigenvalue weighted by Crippen LogP contribution is 2.33. The molecule has 0 aliphatic carbocycles. The molecule has 0 radical (unpaired) electrons. The molecule has 0 saturated heterocycles. The molecule has 24 heavy (non-hydrogen) atoms. The highest BCUT2D eigenvalue weighted by molar-refractivity contribution is 14.1. The summed E-state index contributed by atoms with van der Waals surface area (Å²) < 4.78 is 7.56. The van der Waals surface area contributed by atoms with Gasteiger partial charge < -0.3 is 31.6 Å². The van der Waals surface area contributed by atoms with Crippen LogP contribution in [0.3, 0.4) is 0 Å². The molecule has 8 N–H and O–H groups in total. The van der Waals surface area contributed by atoms with Crippen molar-refractivity contribution in [3.63, 3.8) is 0 Å². The summed E-state index contributed by atoms with van der Waals surface area (Å²) in [5.41, 5.74) is 6.41. The van der Waals surface area contributed by atoms with Crippen molar-refractivity contribution in [3.05, 3.63) is 49.1 Å². The largest absolute Gasteiger partial charge is 0.508 e. The van der Waals surface area contributed by atoms with Crippen molar-refractivity contribution in [2.24, 2.45) is 5.73 Å². The normalized spacial score (nSPS) is 11.0. The zero-order chi connectivity index (χ0) is 16.3. The average Bonchev–Trinajstić information content (AvgIpc) is 2.44. The average molecular weight is 561 g/mol. The van der Waals surface area contributed by atoms with E-state index in [4.69, 9.17) is 15.6 Å². The number of phenolic OH excluding ortho intramolecular Hbond substituents is 1. The van der Waals surface area contributed by atoms with Crippen molar-refractivity contribution < 1.29 is 30.7 Å². The number of benzene rings is 2. The number of hydrogen-bond donors (Lipinski definition) is 3. The first-order valence-corrected chi connectivity index (χ1v) is 8.45. The van der Waals surface area contributed by atoms with Crippen LogP contribution in [0.15, 0.2) is 36.4 Å². The molecule has 1 atom stereocenters. The third kappa shape index (κ3) is 6.05. The molecule has 0 aliphatic rings. The van der Waals surface area contributed by atoms with Crippen LogP contribution in [0.1, 0.15) is 5.56 Å². The fourth-order valence-corrected chi connectivity index (χ4v) is 3.92. The van der Waals surface area contributed by atoms with Crippen LogP contribution in [0, 0.1) is 7.14 Å². The van der Waals surface area contributed by atoms with Gasteiger partial charge in [-0.3, -0.25) is 4.79 Å². The molecule has 2 aromatic rings. The van der Waals surface area contributed by atoms with Gasteiger partial charge in [-0.2, -0.15) is 0 Å². The lowest BCUT2D eigenvalue weighted by molar-refractivity contribution is -0.138. The lowest BCUT2D eigenvalue weighted by Gasteiger charge is -2.13. The number of nitrogens with two attached hydrogens (primary N) is 1. The van der Waals surface area contributed by atoms with Gasteiger partial charge in [-0.1, -0.05) is 0 Å². The SMILES string of the molecule is NC(Cc1cc(I)c(Oc2ccc(O)cc2)c(I)c1)C(=O)O.O.O. The number of carbonyl (C=O) groups is 1. The van der Waals surface area contributed by atoms with Gasteiger partial charge in [0, 0.05) is 0 Å². The molecule has 7 nitrogen and oxygen atoms in total. The number of phenols is 1. The van der Waals surface area contributed by atoms with Crippen LogP contribution < -0.4 is 10.5 Å². The van der Waals surface area contributed by atoms with E-state index in [2.05, 4.69) is 45.2 Å². The van der Waals surface area contributed by atoms with Gasteiger partial charge >= 0.3 is 5.97 Å². The van der Waals surface area contributed by atoms with Crippen LogP contribution in [0.4, 0.5) is 0 Å². The van der Waals surface area contributed by atoms with E-state index in [1.165, 1.54) is 0 Å². The Balaban J connectivity index is 0.00000264. The van der Waals surface area contributed by atoms with Crippen LogP contribution in [0.2, 0.25) is 0 Å². The van der Waals surface area contributed by atoms with Gasteiger partial charge in [0.15, 0.2) is 5.75 Å². The van der Waals surface area contributed by atoms with Crippen LogP contribution >= 0.6 is 45.2 Å². The minimum absolute atomic E-state index is 0. The monoisotopic (exact) mass is 561 g/mol. The Labute approximate surface area is 165 Å². The number of rotatable bonds is 5. The molecule has 9 heteroatoms. The molecular formula is C15H17I2NO6. The maximum atomic E-state index is 10.8. The van der Waals surface area contributed by atoms with Crippen LogP contribution in [0.5, 0.6) is 17.2 Å². The van der Waals surface area contributed by atoms with E-state index < -0.39 is 12.0 Å². The molecule has 0 saturated carbocycles. The molecule has 0 fully saturated rings. The predicted molar refractivity (Wildman–Crippen MR) is 107 cm³/mol. The van der Waals surface area contributed by atoms with Crippen LogP contribution in [-0.4, -0.2) is 33.2 Å². The smallest absolute Gasteiger partial charge is 0.320 e. The first-order chi connectivity index (χ1) is 10.4. The van der Waals surface area contributed by atoms with Gasteiger partial charge in [0.05, 0.1) is 7.14 Å². The maximum Gasteiger partial charge on any atom is 0.320 e. The van der Waals surface area contributed by atoms with E-state index in [1.807, 2.05) is 12.1 Å². The molecule has 2 aromatic carbocycles. The van der Waals surface area contributed by atoms with Gasteiger partial charge in [-0.05, 0) is 93.6 Å². The third-order valence-electron chi connectivity index (χ3n) is 2.89. The highest BCUT2D eigenvalue weighted by Gasteiger charge is 2.15. The Bertz CT molecular complexity index is 670. The van der Waals surface area contributed by atoms with Gasteiger partial charge in [-0.15, -0.1) is 0 Å². The van der Waals surface area contributed by atoms with Gasteiger partial charge in [0.1, 0.15) is 17.5 Å². The molecule has 132 valence electrons. The summed E-state index contributed by atoms with van der Waals surface area (Å²) in [4.78, 5) is 10.8. The summed E-state index contributed by atoms with van der Waals surface area (Å²) >= 11 is 4.28. The first kappa shape index (κ1) is 22.9. The molecule has 0 spiro atoms. The maximum absolute atomic E-state index is 10.8. The van der Waals surface area contributed by atoms with Crippen LogP contribution in [0.25, 0.3) is 0 Å². The van der Waals surface area contributed by atoms with Crippen molar-refractivity contribution in [2.45, 2.75) is 12.5 Å². The molecule has 2 rings (SSSR count). The number of ether oxygens (including phenoxy) is 1. The standard InChI is InChI=1S/C15H13I2NO4.2H2O/c16-11-5-8(7-13(18)15(20)21)6-12(17)14(11)22-10-3-1-9(19)2-4-10;;/h1-6,13,19H,7,18H2,(H,20,21);2*1H2. The third-order valence-corrected chi connectivity index (χ3v) is 4.49. The predicted octanol–water partition coefficient (Wildman–Crippen LogP) is 1.70. The number of hydrogen-bond acceptors (Lipinski definition) is 4. The van der Waals surface area contributed by atoms with E-state index in [-0.39, 0.29) is 23.1 Å². The fraction of sp³-hybridized carbons (Fsp3) is 0.133. The minimum atomic E-state index is -1.02. The molecule has 0 bridgehead atoms. The molecule has 1 unspecified atom stereocenters. The van der Waals surface area contributed by atoms with Crippen molar-refractivity contribution in [1.29, 1.82) is 0 Å². The number of carboxylic acids is 1. The van der Waals surface area contributed by atoms with Gasteiger partial charge in [-0.25, -0.2) is 0 Å². The first-order valence-electron chi connectivity index (χ1n) is 6.30. The van der Waals surface area contributed by atoms with E-state index in [0.29, 0.717) is 11.5 Å². The van der Waals surface area contributed by atoms with E-state index in [1.54, 1.807) is 24.3 Å². The Morgan fingerprint density at radius 1 is 1.12 bits per heavy atom. The zero-order valence-corrected chi connectivity index (χ0v) is 16.6. The minimum Gasteiger partial charge on any atom is -0.508 e. The van der Waals surface area contributed by atoms with Crippen molar-refractivity contribution in [3.8, 4) is 17.2 Å². The number of carboxylic acid groups (broad SMARTS) is 1. The van der Waals surface area contributed by atoms with Gasteiger partial charge in [0.25, 0.3) is 0 Å². The van der Waals surface area contributed by atoms with Crippen molar-refractivity contribution >= 4 is 51.2 Å². The second-order valence-corrected chi connectivity index (χ2v) is 6.96.